The lowest BCUT2D eigenvalue weighted by atomic mass is 9.77. The van der Waals surface area contributed by atoms with E-state index < -0.39 is 0 Å². The molecule has 0 radical (unpaired) electrons. The van der Waals surface area contributed by atoms with Gasteiger partial charge in [-0.05, 0) is 78.3 Å². The van der Waals surface area contributed by atoms with Crippen LogP contribution in [0.25, 0.3) is 10.8 Å². The monoisotopic (exact) mass is 538 g/mol. The third-order valence-corrected chi connectivity index (χ3v) is 9.16. The topological polar surface area (TPSA) is 0 Å². The van der Waals surface area contributed by atoms with Gasteiger partial charge >= 0.3 is 0 Å². The van der Waals surface area contributed by atoms with Crippen molar-refractivity contribution in [1.82, 2.24) is 0 Å². The van der Waals surface area contributed by atoms with Gasteiger partial charge in [0.2, 0.25) is 0 Å². The zero-order valence-corrected chi connectivity index (χ0v) is 25.2. The summed E-state index contributed by atoms with van der Waals surface area (Å²) in [5.74, 6) is 8.45. The zero-order chi connectivity index (χ0) is 28.0. The fraction of sp³-hybridized carbons (Fsp3) is 0.538. The first-order valence-corrected chi connectivity index (χ1v) is 16.5. The molecule has 1 aliphatic rings. The predicted octanol–water partition coefficient (Wildman–Crippen LogP) is 11.6. The number of rotatable bonds is 14. The molecule has 40 heavy (non-hydrogen) atoms. The van der Waals surface area contributed by atoms with E-state index in [1.54, 1.807) is 0 Å². The van der Waals surface area contributed by atoms with Crippen molar-refractivity contribution in [2.45, 2.75) is 123 Å². The van der Waals surface area contributed by atoms with Crippen LogP contribution in [0, 0.1) is 29.5 Å². The molecule has 1 saturated carbocycles. The van der Waals surface area contributed by atoms with Crippen LogP contribution in [0.15, 0.2) is 54.6 Å². The normalized spacial score (nSPS) is 17.1. The minimum Gasteiger partial charge on any atom is -0.206 e. The minimum absolute atomic E-state index is 0.0602. The van der Waals surface area contributed by atoms with Gasteiger partial charge in [-0.2, -0.15) is 0 Å². The van der Waals surface area contributed by atoms with Crippen LogP contribution in [0.2, 0.25) is 0 Å². The van der Waals surface area contributed by atoms with Gasteiger partial charge in [0.15, 0.2) is 0 Å². The molecule has 0 saturated heterocycles. The molecule has 1 aliphatic carbocycles. The van der Waals surface area contributed by atoms with Crippen molar-refractivity contribution in [3.63, 3.8) is 0 Å². The molecule has 3 aromatic rings. The van der Waals surface area contributed by atoms with E-state index in [9.17, 15) is 0 Å². The van der Waals surface area contributed by atoms with E-state index in [0.717, 1.165) is 46.8 Å². The number of unbranched alkanes of at least 4 members (excludes halogenated alkanes) is 7. The fourth-order valence-electron chi connectivity index (χ4n) is 6.47. The first-order chi connectivity index (χ1) is 19.7. The van der Waals surface area contributed by atoms with Crippen molar-refractivity contribution in [1.29, 1.82) is 0 Å². The van der Waals surface area contributed by atoms with Gasteiger partial charge in [0, 0.05) is 16.5 Å². The number of fused-ring (bicyclic) bond motifs is 1. The Morgan fingerprint density at radius 1 is 0.625 bits per heavy atom. The molecule has 0 aromatic heterocycles. The number of aryl methyl sites for hydroxylation is 2. The SMILES string of the molecule is CCCCCCCC1CCC(CCc2ccc(C#Cc3ccc4c(F)c(CCCCCC)ccc4c3)cc2)CC1. The number of halogens is 1. The molecule has 4 rings (SSSR count). The lowest BCUT2D eigenvalue weighted by Crippen LogP contribution is -2.15. The van der Waals surface area contributed by atoms with E-state index in [1.165, 1.54) is 102 Å². The highest BCUT2D eigenvalue weighted by molar-refractivity contribution is 5.85. The van der Waals surface area contributed by atoms with E-state index >= 15 is 4.39 Å². The second-order valence-corrected chi connectivity index (χ2v) is 12.4. The summed E-state index contributed by atoms with van der Waals surface area (Å²) in [6.07, 6.45) is 22.3. The third-order valence-electron chi connectivity index (χ3n) is 9.16. The van der Waals surface area contributed by atoms with E-state index in [4.69, 9.17) is 0 Å². The summed E-state index contributed by atoms with van der Waals surface area (Å²) in [5, 5.41) is 1.64. The zero-order valence-electron chi connectivity index (χ0n) is 25.2. The minimum atomic E-state index is -0.0602. The molecular weight excluding hydrogens is 487 g/mol. The molecule has 0 amide bonds. The smallest absolute Gasteiger partial charge is 0.134 e. The Labute approximate surface area is 244 Å². The van der Waals surface area contributed by atoms with Gasteiger partial charge in [-0.25, -0.2) is 4.39 Å². The number of hydrogen-bond donors (Lipinski definition) is 0. The standard InChI is InChI=1S/C39H51F/c1-3-5-7-9-10-12-31-14-16-32(17-15-31)18-19-33-20-22-34(23-21-33)24-25-35-26-29-38-37(30-35)28-27-36(39(38)40)13-11-8-6-4-2/h20-23,26-32H,3-19H2,1-2H3. The molecule has 0 heterocycles. The van der Waals surface area contributed by atoms with Crippen LogP contribution in [0.4, 0.5) is 4.39 Å². The molecule has 214 valence electrons. The predicted molar refractivity (Wildman–Crippen MR) is 171 cm³/mol. The van der Waals surface area contributed by atoms with Crippen molar-refractivity contribution in [3.05, 3.63) is 82.7 Å². The van der Waals surface area contributed by atoms with Crippen molar-refractivity contribution in [2.24, 2.45) is 11.8 Å². The average molecular weight is 539 g/mol. The number of hydrogen-bond acceptors (Lipinski definition) is 0. The molecule has 0 N–H and O–H groups in total. The van der Waals surface area contributed by atoms with Gasteiger partial charge in [-0.1, -0.05) is 139 Å². The van der Waals surface area contributed by atoms with Crippen LogP contribution >= 0.6 is 0 Å². The summed E-state index contributed by atoms with van der Waals surface area (Å²) in [5.41, 5.74) is 4.23. The van der Waals surface area contributed by atoms with Crippen molar-refractivity contribution in [3.8, 4) is 11.8 Å². The van der Waals surface area contributed by atoms with Gasteiger partial charge in [0.05, 0.1) is 0 Å². The van der Waals surface area contributed by atoms with E-state index in [-0.39, 0.29) is 5.82 Å². The van der Waals surface area contributed by atoms with Crippen molar-refractivity contribution >= 4 is 10.8 Å². The van der Waals surface area contributed by atoms with Gasteiger partial charge in [-0.3, -0.25) is 0 Å². The van der Waals surface area contributed by atoms with Crippen LogP contribution in [0.3, 0.4) is 0 Å². The molecule has 0 atom stereocenters. The molecule has 0 nitrogen and oxygen atoms in total. The lowest BCUT2D eigenvalue weighted by Gasteiger charge is -2.28. The maximum atomic E-state index is 15.0. The first-order valence-electron chi connectivity index (χ1n) is 16.5. The van der Waals surface area contributed by atoms with Crippen molar-refractivity contribution < 1.29 is 4.39 Å². The number of benzene rings is 3. The summed E-state index contributed by atoms with van der Waals surface area (Å²) >= 11 is 0. The third kappa shape index (κ3) is 9.51. The molecule has 0 spiro atoms. The molecule has 0 unspecified atom stereocenters. The summed E-state index contributed by atoms with van der Waals surface area (Å²) in [6, 6.07) is 18.7. The average Bonchev–Trinajstić information content (AvgIpc) is 2.99. The van der Waals surface area contributed by atoms with Crippen LogP contribution in [-0.2, 0) is 12.8 Å². The second kappa shape index (κ2) is 16.6. The highest BCUT2D eigenvalue weighted by Crippen LogP contribution is 2.34. The summed E-state index contributed by atoms with van der Waals surface area (Å²) in [7, 11) is 0. The van der Waals surface area contributed by atoms with E-state index in [2.05, 4.69) is 56.0 Å². The molecule has 1 fully saturated rings. The first kappa shape index (κ1) is 30.4. The molecule has 1 heteroatoms. The largest absolute Gasteiger partial charge is 0.206 e. The molecule has 0 bridgehead atoms. The molecule has 3 aromatic carbocycles. The van der Waals surface area contributed by atoms with Crippen LogP contribution < -0.4 is 0 Å². The van der Waals surface area contributed by atoms with Crippen LogP contribution in [0.1, 0.15) is 132 Å². The summed E-state index contributed by atoms with van der Waals surface area (Å²) < 4.78 is 15.0. The van der Waals surface area contributed by atoms with E-state index in [1.807, 2.05) is 24.3 Å². The van der Waals surface area contributed by atoms with Gasteiger partial charge in [0.25, 0.3) is 0 Å². The van der Waals surface area contributed by atoms with E-state index in [0.29, 0.717) is 5.39 Å². The second-order valence-electron chi connectivity index (χ2n) is 12.4. The molecular formula is C39H51F. The van der Waals surface area contributed by atoms with Gasteiger partial charge in [-0.15, -0.1) is 0 Å². The quantitative estimate of drug-likeness (QED) is 0.141. The highest BCUT2D eigenvalue weighted by atomic mass is 19.1. The summed E-state index contributed by atoms with van der Waals surface area (Å²) in [6.45, 7) is 4.50. The van der Waals surface area contributed by atoms with Crippen LogP contribution in [-0.4, -0.2) is 0 Å². The Hall–Kier alpha value is -2.59. The van der Waals surface area contributed by atoms with Gasteiger partial charge in [0.1, 0.15) is 5.82 Å². The Morgan fingerprint density at radius 2 is 1.25 bits per heavy atom. The van der Waals surface area contributed by atoms with Crippen molar-refractivity contribution in [2.75, 3.05) is 0 Å². The maximum Gasteiger partial charge on any atom is 0.134 e. The van der Waals surface area contributed by atoms with Gasteiger partial charge < -0.3 is 0 Å². The maximum absolute atomic E-state index is 15.0. The Bertz CT molecular complexity index is 1220. The highest BCUT2D eigenvalue weighted by Gasteiger charge is 2.20. The Balaban J connectivity index is 1.23. The summed E-state index contributed by atoms with van der Waals surface area (Å²) in [4.78, 5) is 0. The fourth-order valence-corrected chi connectivity index (χ4v) is 6.47. The van der Waals surface area contributed by atoms with Crippen LogP contribution in [0.5, 0.6) is 0 Å². The lowest BCUT2D eigenvalue weighted by molar-refractivity contribution is 0.248. The molecule has 0 aliphatic heterocycles. The Morgan fingerprint density at radius 3 is 1.98 bits per heavy atom. The Kier molecular flexibility index (Phi) is 12.6.